The van der Waals surface area contributed by atoms with Crippen molar-refractivity contribution in [2.45, 2.75) is 43.9 Å². The van der Waals surface area contributed by atoms with Gasteiger partial charge in [-0.25, -0.2) is 18.5 Å². The molecule has 236 valence electrons. The molecular formula is C42H28BF2NO3. The number of anilines is 2. The van der Waals surface area contributed by atoms with Gasteiger partial charge in [0.15, 0.2) is 5.58 Å². The third kappa shape index (κ3) is 3.36. The van der Waals surface area contributed by atoms with E-state index in [4.69, 9.17) is 9.15 Å². The van der Waals surface area contributed by atoms with E-state index in [2.05, 4.69) is 18.2 Å². The van der Waals surface area contributed by atoms with Gasteiger partial charge >= 0.3 is 6.09 Å². The van der Waals surface area contributed by atoms with E-state index in [-0.39, 0.29) is 5.46 Å². The molecule has 6 aliphatic rings. The summed E-state index contributed by atoms with van der Waals surface area (Å²) >= 11 is 0. The van der Waals surface area contributed by atoms with Gasteiger partial charge in [0.25, 0.3) is 6.71 Å². The van der Waals surface area contributed by atoms with Crippen molar-refractivity contribution in [1.82, 2.24) is 0 Å². The average Bonchev–Trinajstić information content (AvgIpc) is 3.40. The van der Waals surface area contributed by atoms with Crippen LogP contribution in [0.5, 0.6) is 5.75 Å². The smallest absolute Gasteiger partial charge is 0.424 e. The number of furan rings is 1. The number of rotatable bonds is 1. The van der Waals surface area contributed by atoms with E-state index >= 15 is 8.78 Å². The molecule has 2 unspecified atom stereocenters. The molecule has 4 aliphatic carbocycles. The van der Waals surface area contributed by atoms with Gasteiger partial charge in [-0.15, -0.1) is 0 Å². The maximum atomic E-state index is 15.9. The van der Waals surface area contributed by atoms with Crippen molar-refractivity contribution in [2.75, 3.05) is 4.90 Å². The average molecular weight is 643 g/mol. The molecule has 2 saturated carbocycles. The van der Waals surface area contributed by atoms with Gasteiger partial charge in [0.1, 0.15) is 23.0 Å². The number of halogens is 2. The van der Waals surface area contributed by atoms with Gasteiger partial charge < -0.3 is 9.15 Å². The molecule has 2 atom stereocenters. The molecule has 6 aromatic carbocycles. The van der Waals surface area contributed by atoms with Crippen LogP contribution in [0.2, 0.25) is 0 Å². The third-order valence-electron chi connectivity index (χ3n) is 12.6. The highest BCUT2D eigenvalue weighted by Gasteiger charge is 2.46. The van der Waals surface area contributed by atoms with Crippen molar-refractivity contribution in [3.63, 3.8) is 0 Å². The first kappa shape index (κ1) is 26.7. The van der Waals surface area contributed by atoms with Gasteiger partial charge in [-0.1, -0.05) is 54.6 Å². The molecule has 0 N–H and O–H groups in total. The van der Waals surface area contributed by atoms with E-state index in [9.17, 15) is 4.79 Å². The fourth-order valence-corrected chi connectivity index (χ4v) is 10.9. The number of nitrogens with zero attached hydrogens (tertiary/aromatic N) is 1. The van der Waals surface area contributed by atoms with Gasteiger partial charge in [0.05, 0.1) is 11.4 Å². The number of ether oxygens (including phenoxy) is 1. The third-order valence-corrected chi connectivity index (χ3v) is 12.6. The normalized spacial score (nSPS) is 23.0. The summed E-state index contributed by atoms with van der Waals surface area (Å²) < 4.78 is 44.4. The van der Waals surface area contributed by atoms with E-state index in [1.165, 1.54) is 61.4 Å². The quantitative estimate of drug-likeness (QED) is 0.133. The van der Waals surface area contributed by atoms with Crippen LogP contribution in [-0.2, 0) is 0 Å². The van der Waals surface area contributed by atoms with Crippen molar-refractivity contribution in [1.29, 1.82) is 0 Å². The molecule has 0 radical (unpaired) electrons. The summed E-state index contributed by atoms with van der Waals surface area (Å²) in [6, 6.07) is 26.4. The number of hydrogen-bond acceptors (Lipinski definition) is 3. The van der Waals surface area contributed by atoms with E-state index in [0.29, 0.717) is 51.1 Å². The second-order valence-electron chi connectivity index (χ2n) is 15.1. The van der Waals surface area contributed by atoms with Crippen molar-refractivity contribution >= 4 is 84.1 Å². The van der Waals surface area contributed by atoms with E-state index < -0.39 is 24.4 Å². The minimum absolute atomic E-state index is 0.0492. The molecule has 13 rings (SSSR count). The zero-order valence-electron chi connectivity index (χ0n) is 26.4. The minimum Gasteiger partial charge on any atom is -0.454 e. The number of hydrogen-bond donors (Lipinski definition) is 0. The Labute approximate surface area is 280 Å². The highest BCUT2D eigenvalue weighted by Crippen LogP contribution is 2.57. The molecule has 1 aromatic heterocycles. The lowest BCUT2D eigenvalue weighted by Gasteiger charge is -2.38. The largest absolute Gasteiger partial charge is 0.454 e. The number of amides is 1. The first-order valence-corrected chi connectivity index (χ1v) is 17.5. The predicted octanol–water partition coefficient (Wildman–Crippen LogP) is 9.04. The maximum absolute atomic E-state index is 15.9. The number of para-hydroxylation sites is 1. The number of carbonyl (C=O) groups excluding carboxylic acids is 1. The molecule has 0 saturated heterocycles. The molecule has 49 heavy (non-hydrogen) atoms. The molecule has 7 aromatic rings. The van der Waals surface area contributed by atoms with Crippen LogP contribution in [0.15, 0.2) is 89.3 Å². The molecule has 7 heteroatoms. The summed E-state index contributed by atoms with van der Waals surface area (Å²) in [7, 11) is 0. The molecule has 2 fully saturated rings. The van der Waals surface area contributed by atoms with Crippen LogP contribution in [-0.4, -0.2) is 12.8 Å². The molecule has 2 aliphatic heterocycles. The van der Waals surface area contributed by atoms with Gasteiger partial charge in [-0.2, -0.15) is 0 Å². The molecule has 0 spiro atoms. The fraction of sp³-hybridized carbons (Fsp3) is 0.214. The number of carbonyl (C=O) groups is 1. The Balaban J connectivity index is 1.20. The summed E-state index contributed by atoms with van der Waals surface area (Å²) in [5.74, 6) is 1.98. The lowest BCUT2D eigenvalue weighted by Crippen LogP contribution is -2.61. The first-order chi connectivity index (χ1) is 24.0. The van der Waals surface area contributed by atoms with Crippen LogP contribution in [0.25, 0.3) is 43.5 Å². The lowest BCUT2D eigenvalue weighted by atomic mass is 9.34. The van der Waals surface area contributed by atoms with Crippen LogP contribution >= 0.6 is 0 Å². The fourth-order valence-electron chi connectivity index (χ4n) is 10.9. The van der Waals surface area contributed by atoms with Crippen molar-refractivity contribution in [2.24, 2.45) is 11.8 Å². The van der Waals surface area contributed by atoms with Crippen LogP contribution in [0.3, 0.4) is 0 Å². The predicted molar refractivity (Wildman–Crippen MR) is 190 cm³/mol. The number of benzene rings is 6. The van der Waals surface area contributed by atoms with E-state index in [0.717, 1.165) is 44.2 Å². The number of fused-ring (bicyclic) bond motifs is 8. The first-order valence-electron chi connectivity index (χ1n) is 17.5. The lowest BCUT2D eigenvalue weighted by molar-refractivity contribution is 0.166. The minimum atomic E-state index is -0.822. The van der Waals surface area contributed by atoms with E-state index in [1.54, 1.807) is 4.90 Å². The van der Waals surface area contributed by atoms with Crippen LogP contribution in [0, 0.1) is 23.5 Å². The van der Waals surface area contributed by atoms with Crippen LogP contribution in [0.1, 0.15) is 55.1 Å². The molecular weight excluding hydrogens is 615 g/mol. The topological polar surface area (TPSA) is 42.7 Å². The summed E-state index contributed by atoms with van der Waals surface area (Å²) in [5, 5.41) is 5.67. The Bertz CT molecular complexity index is 2650. The van der Waals surface area contributed by atoms with Crippen molar-refractivity contribution in [3.05, 3.63) is 108 Å². The Morgan fingerprint density at radius 1 is 0.673 bits per heavy atom. The van der Waals surface area contributed by atoms with Gasteiger partial charge in [0, 0.05) is 21.6 Å². The monoisotopic (exact) mass is 643 g/mol. The summed E-state index contributed by atoms with van der Waals surface area (Å²) in [6.45, 7) is -0.822. The van der Waals surface area contributed by atoms with Crippen molar-refractivity contribution in [3.8, 4) is 5.75 Å². The summed E-state index contributed by atoms with van der Waals surface area (Å²) in [4.78, 5) is 15.9. The zero-order chi connectivity index (χ0) is 32.3. The summed E-state index contributed by atoms with van der Waals surface area (Å²) in [6.07, 6.45) is 5.88. The molecule has 4 bridgehead atoms. The SMILES string of the molecule is O=C1Oc2cc3cc4c(cc3c3ccc5c(c23)N1c1c(ccc2c1oc1ccccc12)B5c1c(F)cccc1F)C1CC2CC(CC4C2)C1. The van der Waals surface area contributed by atoms with Gasteiger partial charge in [-0.3, -0.25) is 0 Å². The van der Waals surface area contributed by atoms with Crippen molar-refractivity contribution < 1.29 is 22.7 Å². The van der Waals surface area contributed by atoms with Crippen LogP contribution < -0.4 is 26.0 Å². The second kappa shape index (κ2) is 9.09. The Kier molecular flexibility index (Phi) is 4.96. The maximum Gasteiger partial charge on any atom is 0.424 e. The highest BCUT2D eigenvalue weighted by atomic mass is 19.1. The Hall–Kier alpha value is -5.17. The zero-order valence-corrected chi connectivity index (χ0v) is 26.4. The second-order valence-corrected chi connectivity index (χ2v) is 15.1. The summed E-state index contributed by atoms with van der Waals surface area (Å²) in [5.41, 5.74) is 6.38. The van der Waals surface area contributed by atoms with Gasteiger partial charge in [-0.05, 0) is 124 Å². The molecule has 4 nitrogen and oxygen atoms in total. The Morgan fingerprint density at radius 2 is 1.37 bits per heavy atom. The van der Waals surface area contributed by atoms with Crippen LogP contribution in [0.4, 0.5) is 25.0 Å². The standard InChI is InChI=1S/C42H28BF2NO3/c44-33-5-3-6-34(45)38(33)43-31-10-8-26-29-19-30-23-15-20-12-21(16-23)14-22(13-20)28(30)17-24(29)18-36-37(26)39(31)46(42(47)49-36)40-32(43)11-9-27-25-4-1-2-7-35(25)48-41(27)40/h1-11,17-23H,12-16H2. The Morgan fingerprint density at radius 3 is 2.14 bits per heavy atom. The van der Waals surface area contributed by atoms with E-state index in [1.807, 2.05) is 48.5 Å². The highest BCUT2D eigenvalue weighted by molar-refractivity contribution is 6.98. The molecule has 3 heterocycles. The molecule has 1 amide bonds. The van der Waals surface area contributed by atoms with Gasteiger partial charge in [0.2, 0.25) is 0 Å².